The standard InChI is InChI=1S/C6H16Cl2O2Si2/c1-9-12(3,10-2)6-4-5-11(7)8/h11H,4-6H2,1-3H3. The Morgan fingerprint density at radius 1 is 1.25 bits per heavy atom. The van der Waals surface area contributed by atoms with Gasteiger partial charge in [-0.05, 0) is 18.6 Å². The maximum absolute atomic E-state index is 5.73. The van der Waals surface area contributed by atoms with Crippen LogP contribution in [0.25, 0.3) is 0 Å². The van der Waals surface area contributed by atoms with E-state index < -0.39 is 16.0 Å². The van der Waals surface area contributed by atoms with Crippen LogP contribution in [0.2, 0.25) is 18.6 Å². The van der Waals surface area contributed by atoms with Crippen LogP contribution in [0.1, 0.15) is 6.42 Å². The molecule has 0 aliphatic heterocycles. The van der Waals surface area contributed by atoms with E-state index in [0.29, 0.717) is 0 Å². The molecule has 0 bridgehead atoms. The molecule has 0 spiro atoms. The zero-order chi connectivity index (χ0) is 9.61. The highest BCUT2D eigenvalue weighted by atomic mass is 35.7. The van der Waals surface area contributed by atoms with Crippen LogP contribution in [0.3, 0.4) is 0 Å². The number of halogens is 2. The second-order valence-electron chi connectivity index (χ2n) is 2.83. The Kier molecular flexibility index (Phi) is 6.89. The van der Waals surface area contributed by atoms with E-state index in [2.05, 4.69) is 0 Å². The van der Waals surface area contributed by atoms with Crippen LogP contribution in [0.4, 0.5) is 0 Å². The van der Waals surface area contributed by atoms with Crippen molar-refractivity contribution in [2.24, 2.45) is 0 Å². The van der Waals surface area contributed by atoms with Crippen molar-refractivity contribution in [2.75, 3.05) is 14.2 Å². The summed E-state index contributed by atoms with van der Waals surface area (Å²) in [5, 5.41) is 0. The average Bonchev–Trinajstić information content (AvgIpc) is 2.03. The second-order valence-corrected chi connectivity index (χ2v) is 11.6. The third-order valence-corrected chi connectivity index (χ3v) is 7.06. The Balaban J connectivity index is 3.58. The maximum Gasteiger partial charge on any atom is 0.334 e. The van der Waals surface area contributed by atoms with E-state index in [1.54, 1.807) is 14.2 Å². The first-order valence-corrected chi connectivity index (χ1v) is 10.8. The molecular weight excluding hydrogens is 231 g/mol. The fourth-order valence-electron chi connectivity index (χ4n) is 0.865. The van der Waals surface area contributed by atoms with Gasteiger partial charge in [-0.2, -0.15) is 22.2 Å². The minimum absolute atomic E-state index is 0.943. The molecule has 0 fully saturated rings. The summed E-state index contributed by atoms with van der Waals surface area (Å²) < 4.78 is 10.6. The summed E-state index contributed by atoms with van der Waals surface area (Å²) >= 11 is 11.5. The van der Waals surface area contributed by atoms with Crippen molar-refractivity contribution in [1.82, 2.24) is 0 Å². The summed E-state index contributed by atoms with van der Waals surface area (Å²) in [7, 11) is 0.115. The Morgan fingerprint density at radius 2 is 1.75 bits per heavy atom. The van der Waals surface area contributed by atoms with Gasteiger partial charge in [-0.1, -0.05) is 6.42 Å². The molecule has 0 atom stereocenters. The average molecular weight is 247 g/mol. The highest BCUT2D eigenvalue weighted by Crippen LogP contribution is 2.18. The van der Waals surface area contributed by atoms with E-state index >= 15 is 0 Å². The molecule has 0 radical (unpaired) electrons. The van der Waals surface area contributed by atoms with Gasteiger partial charge < -0.3 is 8.85 Å². The van der Waals surface area contributed by atoms with E-state index in [4.69, 9.17) is 31.0 Å². The Labute approximate surface area is 86.4 Å². The van der Waals surface area contributed by atoms with E-state index in [1.165, 1.54) is 0 Å². The lowest BCUT2D eigenvalue weighted by Crippen LogP contribution is -2.35. The molecule has 0 aliphatic rings. The van der Waals surface area contributed by atoms with Crippen LogP contribution in [0.5, 0.6) is 0 Å². The molecule has 0 amide bonds. The Hall–Kier alpha value is 0.934. The summed E-state index contributed by atoms with van der Waals surface area (Å²) in [5.74, 6) is 0. The fraction of sp³-hybridized carbons (Fsp3) is 1.00. The van der Waals surface area contributed by atoms with Gasteiger partial charge in [0, 0.05) is 14.2 Å². The van der Waals surface area contributed by atoms with Gasteiger partial charge in [0.1, 0.15) is 0 Å². The van der Waals surface area contributed by atoms with Crippen LogP contribution >= 0.6 is 22.2 Å². The molecule has 0 aromatic heterocycles. The fourth-order valence-corrected chi connectivity index (χ4v) is 4.13. The van der Waals surface area contributed by atoms with Gasteiger partial charge >= 0.3 is 8.56 Å². The molecular formula is C6H16Cl2O2Si2. The minimum atomic E-state index is -1.86. The largest absolute Gasteiger partial charge is 0.398 e. The lowest BCUT2D eigenvalue weighted by molar-refractivity contribution is 0.249. The molecule has 0 unspecified atom stereocenters. The van der Waals surface area contributed by atoms with Crippen LogP contribution in [-0.2, 0) is 8.85 Å². The van der Waals surface area contributed by atoms with E-state index in [1.807, 2.05) is 6.55 Å². The van der Waals surface area contributed by atoms with Gasteiger partial charge in [0.15, 0.2) is 0 Å². The van der Waals surface area contributed by atoms with Gasteiger partial charge in [0.05, 0.1) is 0 Å². The summed E-state index contributed by atoms with van der Waals surface area (Å²) in [6.45, 7) is 2.05. The van der Waals surface area contributed by atoms with Crippen LogP contribution < -0.4 is 0 Å². The quantitative estimate of drug-likeness (QED) is 0.530. The lowest BCUT2D eigenvalue weighted by atomic mass is 10.6. The molecule has 0 saturated carbocycles. The summed E-state index contributed by atoms with van der Waals surface area (Å²) in [6, 6.07) is 1.92. The first-order valence-electron chi connectivity index (χ1n) is 3.92. The summed E-state index contributed by atoms with van der Waals surface area (Å²) in [4.78, 5) is 0. The predicted molar refractivity (Wildman–Crippen MR) is 58.7 cm³/mol. The number of hydrogen-bond donors (Lipinski definition) is 0. The Morgan fingerprint density at radius 3 is 2.08 bits per heavy atom. The first kappa shape index (κ1) is 12.9. The molecule has 0 rings (SSSR count). The zero-order valence-electron chi connectivity index (χ0n) is 7.77. The maximum atomic E-state index is 5.73. The van der Waals surface area contributed by atoms with E-state index in [-0.39, 0.29) is 0 Å². The van der Waals surface area contributed by atoms with Gasteiger partial charge in [-0.25, -0.2) is 0 Å². The molecule has 74 valence electrons. The van der Waals surface area contributed by atoms with E-state index in [0.717, 1.165) is 18.5 Å². The highest BCUT2D eigenvalue weighted by Gasteiger charge is 2.27. The van der Waals surface area contributed by atoms with Crippen molar-refractivity contribution in [3.05, 3.63) is 0 Å². The highest BCUT2D eigenvalue weighted by molar-refractivity contribution is 7.33. The third kappa shape index (κ3) is 5.56. The molecule has 2 nitrogen and oxygen atoms in total. The van der Waals surface area contributed by atoms with Crippen molar-refractivity contribution >= 4 is 38.1 Å². The lowest BCUT2D eigenvalue weighted by Gasteiger charge is -2.22. The SMILES string of the molecule is CO[Si](C)(CCC[SiH](Cl)Cl)OC. The zero-order valence-corrected chi connectivity index (χ0v) is 11.4. The number of hydrogen-bond acceptors (Lipinski definition) is 2. The van der Waals surface area contributed by atoms with Gasteiger partial charge in [0.25, 0.3) is 0 Å². The molecule has 0 saturated heterocycles. The molecule has 6 heteroatoms. The van der Waals surface area contributed by atoms with Crippen molar-refractivity contribution < 1.29 is 8.85 Å². The summed E-state index contributed by atoms with van der Waals surface area (Å²) in [6.07, 6.45) is 1.02. The van der Waals surface area contributed by atoms with Crippen LogP contribution in [-0.4, -0.2) is 30.2 Å². The predicted octanol–water partition coefficient (Wildman–Crippen LogP) is 2.44. The van der Waals surface area contributed by atoms with Crippen molar-refractivity contribution in [2.45, 2.75) is 25.1 Å². The smallest absolute Gasteiger partial charge is 0.334 e. The van der Waals surface area contributed by atoms with E-state index in [9.17, 15) is 0 Å². The summed E-state index contributed by atoms with van der Waals surface area (Å²) in [5.41, 5.74) is 0. The van der Waals surface area contributed by atoms with Gasteiger partial charge in [-0.3, -0.25) is 0 Å². The first-order chi connectivity index (χ1) is 5.54. The van der Waals surface area contributed by atoms with Gasteiger partial charge in [0.2, 0.25) is 7.42 Å². The monoisotopic (exact) mass is 246 g/mol. The topological polar surface area (TPSA) is 18.5 Å². The second kappa shape index (κ2) is 6.40. The third-order valence-electron chi connectivity index (χ3n) is 1.92. The van der Waals surface area contributed by atoms with Crippen molar-refractivity contribution in [1.29, 1.82) is 0 Å². The van der Waals surface area contributed by atoms with Crippen molar-refractivity contribution in [3.63, 3.8) is 0 Å². The molecule has 0 aromatic carbocycles. The van der Waals surface area contributed by atoms with Gasteiger partial charge in [-0.15, -0.1) is 0 Å². The normalized spacial score (nSPS) is 12.5. The molecule has 0 aromatic rings. The van der Waals surface area contributed by atoms with Crippen molar-refractivity contribution in [3.8, 4) is 0 Å². The minimum Gasteiger partial charge on any atom is -0.398 e. The molecule has 0 N–H and O–H groups in total. The van der Waals surface area contributed by atoms with Crippen LogP contribution in [0, 0.1) is 0 Å². The van der Waals surface area contributed by atoms with Crippen LogP contribution in [0.15, 0.2) is 0 Å². The Bertz CT molecular complexity index is 120. The molecule has 0 aliphatic carbocycles. The molecule has 0 heterocycles. The number of rotatable bonds is 6. The molecule has 12 heavy (non-hydrogen) atoms.